The minimum absolute atomic E-state index is 0.299. The molecule has 1 N–H and O–H groups in total. The zero-order valence-corrected chi connectivity index (χ0v) is 12.7. The van der Waals surface area contributed by atoms with Gasteiger partial charge in [-0.2, -0.15) is 0 Å². The summed E-state index contributed by atoms with van der Waals surface area (Å²) in [6, 6.07) is 0. The number of aromatic nitrogens is 1. The van der Waals surface area contributed by atoms with Gasteiger partial charge in [0, 0.05) is 24.5 Å². The van der Waals surface area contributed by atoms with Crippen LogP contribution >= 0.6 is 11.3 Å². The summed E-state index contributed by atoms with van der Waals surface area (Å²) in [5.74, 6) is -1.34. The Bertz CT molecular complexity index is 497. The third-order valence-electron chi connectivity index (χ3n) is 2.49. The standard InChI is InChI=1S/C13H19N3O3S/c1-10-14-11(9-20-10)4-5-12(17)16(8-13(18)19)7-6-15(2)3/h4-5,9H,6-8H2,1-3H3,(H,18,19)/b5-4+. The molecule has 1 aromatic heterocycles. The van der Waals surface area contributed by atoms with Crippen molar-refractivity contribution in [1.29, 1.82) is 0 Å². The van der Waals surface area contributed by atoms with Crippen LogP contribution in [0.25, 0.3) is 6.08 Å². The second-order valence-electron chi connectivity index (χ2n) is 4.58. The van der Waals surface area contributed by atoms with E-state index in [0.717, 1.165) is 5.01 Å². The summed E-state index contributed by atoms with van der Waals surface area (Å²) >= 11 is 1.50. The summed E-state index contributed by atoms with van der Waals surface area (Å²) in [5, 5.41) is 11.6. The van der Waals surface area contributed by atoms with E-state index in [-0.39, 0.29) is 12.5 Å². The molecule has 0 spiro atoms. The van der Waals surface area contributed by atoms with Gasteiger partial charge in [0.2, 0.25) is 5.91 Å². The molecule has 110 valence electrons. The molecule has 1 aromatic rings. The average molecular weight is 297 g/mol. The number of hydrogen-bond donors (Lipinski definition) is 1. The number of likely N-dealkylation sites (N-methyl/N-ethyl adjacent to an activating group) is 1. The Morgan fingerprint density at radius 3 is 2.60 bits per heavy atom. The summed E-state index contributed by atoms with van der Waals surface area (Å²) in [7, 11) is 3.74. The summed E-state index contributed by atoms with van der Waals surface area (Å²) in [6.45, 7) is 2.58. The van der Waals surface area contributed by atoms with Crippen molar-refractivity contribution in [2.45, 2.75) is 6.92 Å². The van der Waals surface area contributed by atoms with Gasteiger partial charge >= 0.3 is 5.97 Å². The summed E-state index contributed by atoms with van der Waals surface area (Å²) < 4.78 is 0. The lowest BCUT2D eigenvalue weighted by atomic mass is 10.3. The third-order valence-corrected chi connectivity index (χ3v) is 3.28. The van der Waals surface area contributed by atoms with Crippen LogP contribution in [-0.4, -0.2) is 65.5 Å². The van der Waals surface area contributed by atoms with Crippen LogP contribution in [0.2, 0.25) is 0 Å². The first kappa shape index (κ1) is 16.3. The van der Waals surface area contributed by atoms with Crippen LogP contribution < -0.4 is 0 Å². The lowest BCUT2D eigenvalue weighted by Gasteiger charge is -2.21. The van der Waals surface area contributed by atoms with E-state index in [1.807, 2.05) is 31.3 Å². The largest absolute Gasteiger partial charge is 0.480 e. The summed E-state index contributed by atoms with van der Waals surface area (Å²) in [4.78, 5) is 30.2. The van der Waals surface area contributed by atoms with Crippen LogP contribution in [0.3, 0.4) is 0 Å². The van der Waals surface area contributed by atoms with Crippen molar-refractivity contribution in [3.8, 4) is 0 Å². The van der Waals surface area contributed by atoms with Gasteiger partial charge in [-0.05, 0) is 27.1 Å². The molecule has 0 radical (unpaired) electrons. The SMILES string of the molecule is Cc1nc(/C=C/C(=O)N(CCN(C)C)CC(=O)O)cs1. The number of hydrogen-bond acceptors (Lipinski definition) is 5. The Morgan fingerprint density at radius 2 is 2.10 bits per heavy atom. The van der Waals surface area contributed by atoms with Crippen molar-refractivity contribution in [3.63, 3.8) is 0 Å². The Balaban J connectivity index is 2.66. The average Bonchev–Trinajstić information content (AvgIpc) is 2.76. The number of amides is 1. The smallest absolute Gasteiger partial charge is 0.323 e. The van der Waals surface area contributed by atoms with Crippen LogP contribution in [-0.2, 0) is 9.59 Å². The van der Waals surface area contributed by atoms with Gasteiger partial charge in [-0.3, -0.25) is 9.59 Å². The number of rotatable bonds is 7. The monoisotopic (exact) mass is 297 g/mol. The van der Waals surface area contributed by atoms with Crippen LogP contribution in [0.1, 0.15) is 10.7 Å². The van der Waals surface area contributed by atoms with E-state index in [2.05, 4.69) is 4.98 Å². The molecule has 1 amide bonds. The van der Waals surface area contributed by atoms with Gasteiger partial charge in [0.15, 0.2) is 0 Å². The number of carbonyl (C=O) groups excluding carboxylic acids is 1. The number of carboxylic acid groups (broad SMARTS) is 1. The Kier molecular flexibility index (Phi) is 6.33. The second-order valence-corrected chi connectivity index (χ2v) is 5.64. The van der Waals surface area contributed by atoms with Crippen molar-refractivity contribution in [3.05, 3.63) is 22.2 Å². The Hall–Kier alpha value is -1.73. The molecule has 0 fully saturated rings. The van der Waals surface area contributed by atoms with E-state index >= 15 is 0 Å². The molecular weight excluding hydrogens is 278 g/mol. The normalized spacial score (nSPS) is 11.2. The predicted octanol–water partition coefficient (Wildman–Crippen LogP) is 0.940. The van der Waals surface area contributed by atoms with Gasteiger partial charge in [0.25, 0.3) is 0 Å². The summed E-state index contributed by atoms with van der Waals surface area (Å²) in [6.07, 6.45) is 2.98. The van der Waals surface area contributed by atoms with Gasteiger partial charge in [-0.1, -0.05) is 0 Å². The molecule has 0 saturated heterocycles. The van der Waals surface area contributed by atoms with E-state index < -0.39 is 5.97 Å². The molecular formula is C13H19N3O3S. The Labute approximate surface area is 122 Å². The van der Waals surface area contributed by atoms with E-state index in [0.29, 0.717) is 18.8 Å². The molecule has 6 nitrogen and oxygen atoms in total. The molecule has 0 aliphatic rings. The highest BCUT2D eigenvalue weighted by Crippen LogP contribution is 2.09. The highest BCUT2D eigenvalue weighted by molar-refractivity contribution is 7.09. The Morgan fingerprint density at radius 1 is 1.40 bits per heavy atom. The van der Waals surface area contributed by atoms with Crippen molar-refractivity contribution in [2.75, 3.05) is 33.7 Å². The topological polar surface area (TPSA) is 73.7 Å². The highest BCUT2D eigenvalue weighted by Gasteiger charge is 2.14. The molecule has 0 aliphatic heterocycles. The molecule has 1 heterocycles. The fourth-order valence-corrected chi connectivity index (χ4v) is 2.05. The predicted molar refractivity (Wildman–Crippen MR) is 78.7 cm³/mol. The van der Waals surface area contributed by atoms with Crippen LogP contribution in [0.4, 0.5) is 0 Å². The molecule has 0 aromatic carbocycles. The quantitative estimate of drug-likeness (QED) is 0.758. The first-order valence-corrected chi connectivity index (χ1v) is 7.02. The number of aryl methyl sites for hydroxylation is 1. The fraction of sp³-hybridized carbons (Fsp3) is 0.462. The molecule has 20 heavy (non-hydrogen) atoms. The van der Waals surface area contributed by atoms with Gasteiger partial charge < -0.3 is 14.9 Å². The second kappa shape index (κ2) is 7.76. The van der Waals surface area contributed by atoms with Gasteiger partial charge in [0.1, 0.15) is 6.54 Å². The number of thiazole rings is 1. The highest BCUT2D eigenvalue weighted by atomic mass is 32.1. The number of aliphatic carboxylic acids is 1. The maximum Gasteiger partial charge on any atom is 0.323 e. The lowest BCUT2D eigenvalue weighted by Crippen LogP contribution is -2.39. The van der Waals surface area contributed by atoms with E-state index in [9.17, 15) is 9.59 Å². The molecule has 0 aliphatic carbocycles. The van der Waals surface area contributed by atoms with Gasteiger partial charge in [-0.25, -0.2) is 4.98 Å². The van der Waals surface area contributed by atoms with Gasteiger partial charge in [0.05, 0.1) is 10.7 Å². The molecule has 0 unspecified atom stereocenters. The maximum absolute atomic E-state index is 12.0. The minimum Gasteiger partial charge on any atom is -0.480 e. The third kappa shape index (κ3) is 5.94. The molecule has 0 bridgehead atoms. The number of nitrogens with zero attached hydrogens (tertiary/aromatic N) is 3. The van der Waals surface area contributed by atoms with Crippen LogP contribution in [0.15, 0.2) is 11.5 Å². The lowest BCUT2D eigenvalue weighted by molar-refractivity contribution is -0.142. The van der Waals surface area contributed by atoms with Crippen molar-refractivity contribution in [2.24, 2.45) is 0 Å². The van der Waals surface area contributed by atoms with Gasteiger partial charge in [-0.15, -0.1) is 11.3 Å². The zero-order chi connectivity index (χ0) is 15.1. The molecule has 0 atom stereocenters. The maximum atomic E-state index is 12.0. The first-order valence-electron chi connectivity index (χ1n) is 6.14. The fourth-order valence-electron chi connectivity index (χ4n) is 1.47. The zero-order valence-electron chi connectivity index (χ0n) is 11.9. The van der Waals surface area contributed by atoms with Crippen LogP contribution in [0, 0.1) is 6.92 Å². The van der Waals surface area contributed by atoms with E-state index in [4.69, 9.17) is 5.11 Å². The number of carboxylic acids is 1. The minimum atomic E-state index is -1.02. The molecule has 7 heteroatoms. The molecule has 0 saturated carbocycles. The van der Waals surface area contributed by atoms with Crippen molar-refractivity contribution >= 4 is 29.3 Å². The van der Waals surface area contributed by atoms with Crippen molar-refractivity contribution in [1.82, 2.24) is 14.8 Å². The first-order chi connectivity index (χ1) is 9.38. The van der Waals surface area contributed by atoms with Crippen molar-refractivity contribution < 1.29 is 14.7 Å². The van der Waals surface area contributed by atoms with Crippen LogP contribution in [0.5, 0.6) is 0 Å². The summed E-state index contributed by atoms with van der Waals surface area (Å²) in [5.41, 5.74) is 0.712. The molecule has 1 rings (SSSR count). The number of carbonyl (C=O) groups is 2. The van der Waals surface area contributed by atoms with E-state index in [1.54, 1.807) is 6.08 Å². The van der Waals surface area contributed by atoms with E-state index in [1.165, 1.54) is 22.3 Å².